The Kier molecular flexibility index (Phi) is 3.74. The van der Waals surface area contributed by atoms with E-state index in [1.807, 2.05) is 30.3 Å². The van der Waals surface area contributed by atoms with Gasteiger partial charge in [0.2, 0.25) is 5.89 Å². The predicted molar refractivity (Wildman–Crippen MR) is 89.1 cm³/mol. The Bertz CT molecular complexity index is 665. The van der Waals surface area contributed by atoms with Gasteiger partial charge in [-0.05, 0) is 18.6 Å². The van der Waals surface area contributed by atoms with Gasteiger partial charge in [0.1, 0.15) is 6.26 Å². The van der Waals surface area contributed by atoms with E-state index in [0.717, 1.165) is 30.8 Å². The minimum Gasteiger partial charge on any atom is -0.444 e. The Morgan fingerprint density at radius 3 is 2.91 bits per heavy atom. The summed E-state index contributed by atoms with van der Waals surface area (Å²) in [4.78, 5) is 4.59. The van der Waals surface area contributed by atoms with Gasteiger partial charge < -0.3 is 14.5 Å². The number of aromatic nitrogens is 1. The summed E-state index contributed by atoms with van der Waals surface area (Å²) < 4.78 is 11.4. The molecule has 4 nitrogen and oxygen atoms in total. The summed E-state index contributed by atoms with van der Waals surface area (Å²) in [5.74, 6) is 1.39. The largest absolute Gasteiger partial charge is 0.444 e. The molecule has 0 unspecified atom stereocenters. The van der Waals surface area contributed by atoms with E-state index in [0.29, 0.717) is 24.0 Å². The molecule has 1 aliphatic carbocycles. The minimum absolute atomic E-state index is 0.236. The minimum atomic E-state index is 0.236. The van der Waals surface area contributed by atoms with Crippen molar-refractivity contribution in [1.82, 2.24) is 10.3 Å². The Morgan fingerprint density at radius 1 is 1.26 bits per heavy atom. The molecule has 2 heterocycles. The van der Waals surface area contributed by atoms with Gasteiger partial charge in [0.25, 0.3) is 0 Å². The van der Waals surface area contributed by atoms with E-state index in [2.05, 4.69) is 24.1 Å². The zero-order valence-electron chi connectivity index (χ0n) is 13.8. The monoisotopic (exact) mass is 312 g/mol. The van der Waals surface area contributed by atoms with Crippen LogP contribution in [-0.4, -0.2) is 30.3 Å². The second-order valence-corrected chi connectivity index (χ2v) is 7.26. The quantitative estimate of drug-likeness (QED) is 0.920. The highest BCUT2D eigenvalue weighted by atomic mass is 16.5. The highest BCUT2D eigenvalue weighted by Gasteiger charge is 2.58. The summed E-state index contributed by atoms with van der Waals surface area (Å²) >= 11 is 0. The molecule has 4 rings (SSSR count). The van der Waals surface area contributed by atoms with Crippen molar-refractivity contribution in [3.05, 3.63) is 42.3 Å². The van der Waals surface area contributed by atoms with Crippen LogP contribution < -0.4 is 5.32 Å². The number of rotatable bonds is 5. The first kappa shape index (κ1) is 14.9. The predicted octanol–water partition coefficient (Wildman–Crippen LogP) is 3.29. The van der Waals surface area contributed by atoms with Crippen molar-refractivity contribution >= 4 is 0 Å². The fraction of sp³-hybridized carbons (Fsp3) is 0.526. The Balaban J connectivity index is 1.33. The average molecular weight is 312 g/mol. The standard InChI is InChI=1S/C19H24N2O2/c1-19(2)16(15-9-11-22-17(15)19)20-10-8-14-12-23-18(21-14)13-6-4-3-5-7-13/h3-7,12,15-17,20H,8-11H2,1-2H3/t15-,16-,17+/m1/s1. The first-order valence-corrected chi connectivity index (χ1v) is 8.51. The smallest absolute Gasteiger partial charge is 0.226 e. The number of nitrogens with one attached hydrogen (secondary N) is 1. The lowest BCUT2D eigenvalue weighted by Crippen LogP contribution is -2.66. The van der Waals surface area contributed by atoms with Crippen LogP contribution in [0.3, 0.4) is 0 Å². The molecular formula is C19H24N2O2. The number of hydrogen-bond donors (Lipinski definition) is 1. The first-order valence-electron chi connectivity index (χ1n) is 8.51. The normalized spacial score (nSPS) is 28.3. The summed E-state index contributed by atoms with van der Waals surface area (Å²) in [5, 5.41) is 3.72. The SMILES string of the molecule is CC1(C)[C@H](NCCc2coc(-c3ccccc3)n2)[C@H]2CCO[C@@H]21. The number of hydrogen-bond acceptors (Lipinski definition) is 4. The van der Waals surface area contributed by atoms with Gasteiger partial charge in [-0.15, -0.1) is 0 Å². The fourth-order valence-electron chi connectivity index (χ4n) is 4.23. The van der Waals surface area contributed by atoms with Crippen LogP contribution in [0.15, 0.2) is 41.0 Å². The summed E-state index contributed by atoms with van der Waals surface area (Å²) in [6, 6.07) is 10.6. The van der Waals surface area contributed by atoms with Crippen LogP contribution in [0.5, 0.6) is 0 Å². The number of benzene rings is 1. The Morgan fingerprint density at radius 2 is 2.09 bits per heavy atom. The van der Waals surface area contributed by atoms with Crippen molar-refractivity contribution in [2.75, 3.05) is 13.2 Å². The molecular weight excluding hydrogens is 288 g/mol. The van der Waals surface area contributed by atoms with Gasteiger partial charge >= 0.3 is 0 Å². The van der Waals surface area contributed by atoms with Crippen LogP contribution in [-0.2, 0) is 11.2 Å². The maximum atomic E-state index is 5.85. The lowest BCUT2D eigenvalue weighted by molar-refractivity contribution is -0.112. The van der Waals surface area contributed by atoms with Gasteiger partial charge in [-0.3, -0.25) is 0 Å². The third-order valence-electron chi connectivity index (χ3n) is 5.42. The molecule has 2 aromatic rings. The van der Waals surface area contributed by atoms with Crippen LogP contribution in [0.1, 0.15) is 26.0 Å². The van der Waals surface area contributed by atoms with Crippen molar-refractivity contribution in [2.24, 2.45) is 11.3 Å². The van der Waals surface area contributed by atoms with Crippen molar-refractivity contribution < 1.29 is 9.15 Å². The van der Waals surface area contributed by atoms with E-state index in [4.69, 9.17) is 9.15 Å². The topological polar surface area (TPSA) is 47.3 Å². The molecule has 1 N–H and O–H groups in total. The lowest BCUT2D eigenvalue weighted by Gasteiger charge is -2.55. The highest BCUT2D eigenvalue weighted by Crippen LogP contribution is 2.52. The molecule has 23 heavy (non-hydrogen) atoms. The van der Waals surface area contributed by atoms with E-state index < -0.39 is 0 Å². The second-order valence-electron chi connectivity index (χ2n) is 7.26. The van der Waals surface area contributed by atoms with Gasteiger partial charge in [0.15, 0.2) is 0 Å². The van der Waals surface area contributed by atoms with E-state index >= 15 is 0 Å². The van der Waals surface area contributed by atoms with Crippen molar-refractivity contribution in [3.63, 3.8) is 0 Å². The molecule has 1 saturated heterocycles. The molecule has 0 bridgehead atoms. The van der Waals surface area contributed by atoms with Gasteiger partial charge in [-0.2, -0.15) is 0 Å². The van der Waals surface area contributed by atoms with Crippen molar-refractivity contribution in [3.8, 4) is 11.5 Å². The number of nitrogens with zero attached hydrogens (tertiary/aromatic N) is 1. The first-order chi connectivity index (χ1) is 11.2. The van der Waals surface area contributed by atoms with Crippen molar-refractivity contribution in [2.45, 2.75) is 38.8 Å². The van der Waals surface area contributed by atoms with Crippen LogP contribution in [0.4, 0.5) is 0 Å². The molecule has 2 aliphatic rings. The Hall–Kier alpha value is -1.65. The van der Waals surface area contributed by atoms with E-state index in [9.17, 15) is 0 Å². The molecule has 0 amide bonds. The molecule has 0 radical (unpaired) electrons. The number of fused-ring (bicyclic) bond motifs is 1. The van der Waals surface area contributed by atoms with Crippen molar-refractivity contribution in [1.29, 1.82) is 0 Å². The molecule has 1 aliphatic heterocycles. The number of oxazole rings is 1. The molecule has 4 heteroatoms. The highest BCUT2D eigenvalue weighted by molar-refractivity contribution is 5.52. The Labute approximate surface area is 137 Å². The maximum absolute atomic E-state index is 5.85. The van der Waals surface area contributed by atoms with E-state index in [1.54, 1.807) is 6.26 Å². The third-order valence-corrected chi connectivity index (χ3v) is 5.42. The number of ether oxygens (including phenoxy) is 1. The maximum Gasteiger partial charge on any atom is 0.226 e. The molecule has 3 atom stereocenters. The summed E-state index contributed by atoms with van der Waals surface area (Å²) in [5.41, 5.74) is 2.27. The molecule has 0 spiro atoms. The van der Waals surface area contributed by atoms with Crippen LogP contribution in [0.2, 0.25) is 0 Å². The zero-order chi connectivity index (χ0) is 15.9. The van der Waals surface area contributed by atoms with Crippen LogP contribution in [0.25, 0.3) is 11.5 Å². The lowest BCUT2D eigenvalue weighted by atomic mass is 9.57. The zero-order valence-corrected chi connectivity index (χ0v) is 13.8. The fourth-order valence-corrected chi connectivity index (χ4v) is 4.23. The summed E-state index contributed by atoms with van der Waals surface area (Å²) in [6.45, 7) is 6.46. The summed E-state index contributed by atoms with van der Waals surface area (Å²) in [7, 11) is 0. The molecule has 2 fully saturated rings. The van der Waals surface area contributed by atoms with Crippen LogP contribution >= 0.6 is 0 Å². The molecule has 1 aromatic heterocycles. The molecule has 1 saturated carbocycles. The summed E-state index contributed by atoms with van der Waals surface area (Å²) in [6.07, 6.45) is 4.30. The van der Waals surface area contributed by atoms with Gasteiger partial charge in [-0.1, -0.05) is 32.0 Å². The van der Waals surface area contributed by atoms with E-state index in [-0.39, 0.29) is 5.41 Å². The molecule has 122 valence electrons. The van der Waals surface area contributed by atoms with Gasteiger partial charge in [0, 0.05) is 42.5 Å². The van der Waals surface area contributed by atoms with Gasteiger partial charge in [-0.25, -0.2) is 4.98 Å². The van der Waals surface area contributed by atoms with Crippen LogP contribution in [0, 0.1) is 11.3 Å². The second kappa shape index (κ2) is 5.77. The third kappa shape index (κ3) is 2.60. The van der Waals surface area contributed by atoms with Gasteiger partial charge in [0.05, 0.1) is 11.8 Å². The van der Waals surface area contributed by atoms with E-state index in [1.165, 1.54) is 6.42 Å². The average Bonchev–Trinajstić information content (AvgIpc) is 3.20. The molecule has 1 aromatic carbocycles.